The standard InChI is InChI=1S/C19H17ClN2O3S/c1-12-9-14(20)5-8-17(12)25-10-18(23)22-19-21-16(11-26-19)13-3-6-15(24-2)7-4-13/h3-9,11H,10H2,1-2H3,(H,21,22,23). The molecule has 0 aliphatic carbocycles. The third kappa shape index (κ3) is 4.53. The first-order chi connectivity index (χ1) is 12.5. The number of aryl methyl sites for hydroxylation is 1. The molecule has 26 heavy (non-hydrogen) atoms. The van der Waals surface area contributed by atoms with Gasteiger partial charge in [-0.3, -0.25) is 10.1 Å². The largest absolute Gasteiger partial charge is 0.497 e. The van der Waals surface area contributed by atoms with Gasteiger partial charge in [-0.1, -0.05) is 11.6 Å². The fourth-order valence-corrected chi connectivity index (χ4v) is 3.26. The average Bonchev–Trinajstić information content (AvgIpc) is 3.09. The summed E-state index contributed by atoms with van der Waals surface area (Å²) in [6, 6.07) is 12.8. The Balaban J connectivity index is 1.58. The van der Waals surface area contributed by atoms with Gasteiger partial charge < -0.3 is 9.47 Å². The van der Waals surface area contributed by atoms with Crippen LogP contribution in [0, 0.1) is 6.92 Å². The smallest absolute Gasteiger partial charge is 0.264 e. The number of ether oxygens (including phenoxy) is 2. The van der Waals surface area contributed by atoms with E-state index in [1.807, 2.05) is 36.6 Å². The number of anilines is 1. The van der Waals surface area contributed by atoms with Gasteiger partial charge in [0.25, 0.3) is 5.91 Å². The van der Waals surface area contributed by atoms with Crippen molar-refractivity contribution >= 4 is 34.0 Å². The Morgan fingerprint density at radius 2 is 2.00 bits per heavy atom. The second-order valence-corrected chi connectivity index (χ2v) is 6.81. The van der Waals surface area contributed by atoms with E-state index in [1.54, 1.807) is 25.3 Å². The number of carbonyl (C=O) groups is 1. The second-order valence-electron chi connectivity index (χ2n) is 5.51. The third-order valence-electron chi connectivity index (χ3n) is 3.63. The van der Waals surface area contributed by atoms with Gasteiger partial charge in [-0.15, -0.1) is 11.3 Å². The topological polar surface area (TPSA) is 60.5 Å². The third-order valence-corrected chi connectivity index (χ3v) is 4.62. The van der Waals surface area contributed by atoms with Gasteiger partial charge in [-0.05, 0) is 55.0 Å². The normalized spacial score (nSPS) is 10.4. The molecule has 0 aliphatic heterocycles. The Labute approximate surface area is 160 Å². The summed E-state index contributed by atoms with van der Waals surface area (Å²) >= 11 is 7.27. The maximum atomic E-state index is 12.1. The Hall–Kier alpha value is -2.57. The van der Waals surface area contributed by atoms with Crippen LogP contribution in [0.25, 0.3) is 11.3 Å². The number of nitrogens with one attached hydrogen (secondary N) is 1. The molecule has 1 heterocycles. The van der Waals surface area contributed by atoms with Crippen LogP contribution in [0.4, 0.5) is 5.13 Å². The van der Waals surface area contributed by atoms with E-state index in [9.17, 15) is 4.79 Å². The zero-order valence-corrected chi connectivity index (χ0v) is 15.9. The van der Waals surface area contributed by atoms with Gasteiger partial charge in [0.1, 0.15) is 11.5 Å². The minimum atomic E-state index is -0.269. The van der Waals surface area contributed by atoms with Gasteiger partial charge >= 0.3 is 0 Å². The fraction of sp³-hybridized carbons (Fsp3) is 0.158. The number of hydrogen-bond acceptors (Lipinski definition) is 5. The first kappa shape index (κ1) is 18.2. The first-order valence-corrected chi connectivity index (χ1v) is 9.09. The van der Waals surface area contributed by atoms with Crippen molar-refractivity contribution in [3.8, 4) is 22.8 Å². The molecule has 0 saturated heterocycles. The number of nitrogens with zero attached hydrogens (tertiary/aromatic N) is 1. The number of carbonyl (C=O) groups excluding carboxylic acids is 1. The van der Waals surface area contributed by atoms with Crippen LogP contribution in [-0.4, -0.2) is 24.6 Å². The minimum absolute atomic E-state index is 0.0973. The van der Waals surface area contributed by atoms with Gasteiger partial charge in [-0.25, -0.2) is 4.98 Å². The molecule has 5 nitrogen and oxygen atoms in total. The zero-order chi connectivity index (χ0) is 18.5. The number of amides is 1. The summed E-state index contributed by atoms with van der Waals surface area (Å²) in [6.45, 7) is 1.78. The fourth-order valence-electron chi connectivity index (χ4n) is 2.30. The predicted molar refractivity (Wildman–Crippen MR) is 104 cm³/mol. The summed E-state index contributed by atoms with van der Waals surface area (Å²) in [4.78, 5) is 16.5. The van der Waals surface area contributed by atoms with E-state index in [1.165, 1.54) is 11.3 Å². The number of thiazole rings is 1. The molecule has 0 spiro atoms. The van der Waals surface area contributed by atoms with Gasteiger partial charge in [0, 0.05) is 16.0 Å². The van der Waals surface area contributed by atoms with Crippen molar-refractivity contribution < 1.29 is 14.3 Å². The van der Waals surface area contributed by atoms with E-state index in [-0.39, 0.29) is 12.5 Å². The van der Waals surface area contributed by atoms with Crippen LogP contribution in [0.1, 0.15) is 5.56 Å². The van der Waals surface area contributed by atoms with E-state index in [0.29, 0.717) is 15.9 Å². The van der Waals surface area contributed by atoms with Crippen molar-refractivity contribution in [3.63, 3.8) is 0 Å². The Morgan fingerprint density at radius 1 is 1.23 bits per heavy atom. The summed E-state index contributed by atoms with van der Waals surface area (Å²) in [5.74, 6) is 1.14. The van der Waals surface area contributed by atoms with Gasteiger partial charge in [-0.2, -0.15) is 0 Å². The number of benzene rings is 2. The molecule has 0 unspecified atom stereocenters. The maximum absolute atomic E-state index is 12.1. The number of rotatable bonds is 6. The summed E-state index contributed by atoms with van der Waals surface area (Å²) < 4.78 is 10.7. The molecule has 0 saturated carbocycles. The van der Waals surface area contributed by atoms with Crippen LogP contribution >= 0.6 is 22.9 Å². The summed E-state index contributed by atoms with van der Waals surface area (Å²) in [6.07, 6.45) is 0. The minimum Gasteiger partial charge on any atom is -0.497 e. The lowest BCUT2D eigenvalue weighted by Gasteiger charge is -2.08. The van der Waals surface area contributed by atoms with E-state index in [2.05, 4.69) is 10.3 Å². The first-order valence-electron chi connectivity index (χ1n) is 7.84. The number of halogens is 1. The molecule has 2 aromatic carbocycles. The van der Waals surface area contributed by atoms with Crippen molar-refractivity contribution in [2.24, 2.45) is 0 Å². The predicted octanol–water partition coefficient (Wildman–Crippen LogP) is 4.80. The van der Waals surface area contributed by atoms with Crippen molar-refractivity contribution in [1.29, 1.82) is 0 Å². The molecule has 3 rings (SSSR count). The van der Waals surface area contributed by atoms with Crippen molar-refractivity contribution in [3.05, 3.63) is 58.4 Å². The lowest BCUT2D eigenvalue weighted by molar-refractivity contribution is -0.118. The monoisotopic (exact) mass is 388 g/mol. The highest BCUT2D eigenvalue weighted by Gasteiger charge is 2.10. The summed E-state index contributed by atoms with van der Waals surface area (Å²) in [5.41, 5.74) is 2.62. The highest BCUT2D eigenvalue weighted by atomic mass is 35.5. The molecule has 7 heteroatoms. The number of hydrogen-bond donors (Lipinski definition) is 1. The Bertz CT molecular complexity index is 909. The molecule has 0 bridgehead atoms. The molecule has 0 aliphatic rings. The molecule has 0 fully saturated rings. The number of methoxy groups -OCH3 is 1. The lowest BCUT2D eigenvalue weighted by Crippen LogP contribution is -2.20. The van der Waals surface area contributed by atoms with Crippen LogP contribution < -0.4 is 14.8 Å². The highest BCUT2D eigenvalue weighted by molar-refractivity contribution is 7.14. The van der Waals surface area contributed by atoms with E-state index in [0.717, 1.165) is 22.6 Å². The lowest BCUT2D eigenvalue weighted by atomic mass is 10.2. The molecular weight excluding hydrogens is 372 g/mol. The second kappa shape index (κ2) is 8.21. The van der Waals surface area contributed by atoms with E-state index in [4.69, 9.17) is 21.1 Å². The van der Waals surface area contributed by atoms with Crippen LogP contribution in [0.15, 0.2) is 47.8 Å². The molecule has 0 radical (unpaired) electrons. The molecule has 1 N–H and O–H groups in total. The SMILES string of the molecule is COc1ccc(-c2csc(NC(=O)COc3ccc(Cl)cc3C)n2)cc1. The quantitative estimate of drug-likeness (QED) is 0.659. The van der Waals surface area contributed by atoms with Gasteiger partial charge in [0.05, 0.1) is 12.8 Å². The molecule has 1 aromatic heterocycles. The van der Waals surface area contributed by atoms with E-state index < -0.39 is 0 Å². The molecule has 3 aromatic rings. The van der Waals surface area contributed by atoms with Crippen molar-refractivity contribution in [2.45, 2.75) is 6.92 Å². The Morgan fingerprint density at radius 3 is 2.69 bits per heavy atom. The molecule has 134 valence electrons. The Kier molecular flexibility index (Phi) is 5.75. The van der Waals surface area contributed by atoms with Gasteiger partial charge in [0.2, 0.25) is 0 Å². The van der Waals surface area contributed by atoms with Crippen LogP contribution in [0.5, 0.6) is 11.5 Å². The molecular formula is C19H17ClN2O3S. The summed E-state index contributed by atoms with van der Waals surface area (Å²) in [5, 5.41) is 5.80. The zero-order valence-electron chi connectivity index (χ0n) is 14.3. The maximum Gasteiger partial charge on any atom is 0.264 e. The molecule has 1 amide bonds. The van der Waals surface area contributed by atoms with Crippen LogP contribution in [0.3, 0.4) is 0 Å². The van der Waals surface area contributed by atoms with Crippen molar-refractivity contribution in [1.82, 2.24) is 4.98 Å². The summed E-state index contributed by atoms with van der Waals surface area (Å²) in [7, 11) is 1.62. The van der Waals surface area contributed by atoms with E-state index >= 15 is 0 Å². The molecule has 0 atom stereocenters. The number of aromatic nitrogens is 1. The van der Waals surface area contributed by atoms with Crippen LogP contribution in [0.2, 0.25) is 5.02 Å². The average molecular weight is 389 g/mol. The highest BCUT2D eigenvalue weighted by Crippen LogP contribution is 2.26. The van der Waals surface area contributed by atoms with Gasteiger partial charge in [0.15, 0.2) is 11.7 Å². The van der Waals surface area contributed by atoms with Crippen LogP contribution in [-0.2, 0) is 4.79 Å². The van der Waals surface area contributed by atoms with Crippen molar-refractivity contribution in [2.75, 3.05) is 19.0 Å².